The summed E-state index contributed by atoms with van der Waals surface area (Å²) in [4.78, 5) is 23.9. The van der Waals surface area contributed by atoms with Gasteiger partial charge in [0.05, 0.1) is 17.9 Å². The summed E-state index contributed by atoms with van der Waals surface area (Å²) in [5, 5.41) is 0. The maximum atomic E-state index is 11.9. The zero-order chi connectivity index (χ0) is 19.4. The molecule has 0 aliphatic carbocycles. The number of carbonyl (C=O) groups excluding carboxylic acids is 2. The van der Waals surface area contributed by atoms with Crippen molar-refractivity contribution in [2.24, 2.45) is 0 Å². The number of ether oxygens (including phenoxy) is 2. The van der Waals surface area contributed by atoms with Crippen molar-refractivity contribution >= 4 is 108 Å². The molecule has 0 unspecified atom stereocenters. The highest BCUT2D eigenvalue weighted by atomic mass is 79.9. The van der Waals surface area contributed by atoms with E-state index in [4.69, 9.17) is 9.47 Å². The summed E-state index contributed by atoms with van der Waals surface area (Å²) in [6.45, 7) is 0. The Morgan fingerprint density at radius 2 is 0.885 bits per heavy atom. The predicted molar refractivity (Wildman–Crippen MR) is 119 cm³/mol. The molecule has 0 saturated carbocycles. The molecule has 2 aromatic rings. The van der Waals surface area contributed by atoms with E-state index in [1.165, 1.54) is 0 Å². The van der Waals surface area contributed by atoms with Crippen LogP contribution in [0.15, 0.2) is 63.3 Å². The molecule has 2 rings (SSSR count). The Hall–Kier alpha value is 0.000000000000000222. The molecule has 0 aromatic heterocycles. The number of benzene rings is 2. The minimum absolute atomic E-state index is 0.301. The third kappa shape index (κ3) is 6.27. The van der Waals surface area contributed by atoms with Crippen molar-refractivity contribution in [2.75, 3.05) is 0 Å². The first-order valence-corrected chi connectivity index (χ1v) is 11.3. The lowest BCUT2D eigenvalue weighted by atomic mass is 10.3. The van der Waals surface area contributed by atoms with Crippen LogP contribution in [0.3, 0.4) is 0 Å². The Balaban J connectivity index is 2.06. The standard InChI is InChI=1S/C16H6Br6O4/c17-7-3-9(19)15(10(20)4-7)25-13(23)1-2-14(24)26-16-11(21)5-8(18)6-12(16)22/h1-6H. The predicted octanol–water partition coefficient (Wildman–Crippen LogP) is 7.33. The molecule has 0 aliphatic rings. The zero-order valence-electron chi connectivity index (χ0n) is 12.4. The lowest BCUT2D eigenvalue weighted by Gasteiger charge is -2.08. The fraction of sp³-hybridized carbons (Fsp3) is 0. The molecular formula is C16H6Br6O4. The lowest BCUT2D eigenvalue weighted by Crippen LogP contribution is -2.09. The van der Waals surface area contributed by atoms with Crippen LogP contribution in [0.5, 0.6) is 11.5 Å². The average molecular weight is 742 g/mol. The van der Waals surface area contributed by atoms with E-state index in [1.807, 2.05) is 0 Å². The molecule has 4 nitrogen and oxygen atoms in total. The summed E-state index contributed by atoms with van der Waals surface area (Å²) in [6.07, 6.45) is 1.98. The molecule has 136 valence electrons. The van der Waals surface area contributed by atoms with Crippen LogP contribution in [-0.4, -0.2) is 11.9 Å². The summed E-state index contributed by atoms with van der Waals surface area (Å²) in [5.41, 5.74) is 0. The van der Waals surface area contributed by atoms with Crippen LogP contribution in [0.1, 0.15) is 0 Å². The largest absolute Gasteiger partial charge is 0.421 e. The Bertz CT molecular complexity index is 790. The fourth-order valence-corrected chi connectivity index (χ4v) is 6.50. The monoisotopic (exact) mass is 736 g/mol. The zero-order valence-corrected chi connectivity index (χ0v) is 21.9. The van der Waals surface area contributed by atoms with Crippen LogP contribution in [0.2, 0.25) is 0 Å². The Kier molecular flexibility index (Phi) is 8.55. The van der Waals surface area contributed by atoms with Gasteiger partial charge in [0.2, 0.25) is 0 Å². The van der Waals surface area contributed by atoms with Gasteiger partial charge in [0.1, 0.15) is 0 Å². The topological polar surface area (TPSA) is 52.6 Å². The van der Waals surface area contributed by atoms with Crippen LogP contribution in [-0.2, 0) is 9.59 Å². The molecule has 0 bridgehead atoms. The third-order valence-electron chi connectivity index (χ3n) is 2.69. The molecule has 0 spiro atoms. The summed E-state index contributed by atoms with van der Waals surface area (Å²) in [7, 11) is 0. The van der Waals surface area contributed by atoms with Gasteiger partial charge in [0, 0.05) is 21.1 Å². The minimum atomic E-state index is -0.723. The summed E-state index contributed by atoms with van der Waals surface area (Å²) >= 11 is 19.9. The maximum Gasteiger partial charge on any atom is 0.336 e. The molecule has 0 fully saturated rings. The van der Waals surface area contributed by atoms with Gasteiger partial charge in [-0.15, -0.1) is 0 Å². The second kappa shape index (κ2) is 9.97. The number of carbonyl (C=O) groups is 2. The quantitative estimate of drug-likeness (QED) is 0.187. The van der Waals surface area contributed by atoms with Crippen molar-refractivity contribution in [2.45, 2.75) is 0 Å². The van der Waals surface area contributed by atoms with Crippen molar-refractivity contribution in [3.63, 3.8) is 0 Å². The Morgan fingerprint density at radius 3 is 1.15 bits per heavy atom. The normalized spacial score (nSPS) is 10.8. The smallest absolute Gasteiger partial charge is 0.336 e. The van der Waals surface area contributed by atoms with Gasteiger partial charge >= 0.3 is 11.9 Å². The summed E-state index contributed by atoms with van der Waals surface area (Å²) in [5.74, 6) is -0.844. The molecule has 0 radical (unpaired) electrons. The van der Waals surface area contributed by atoms with E-state index >= 15 is 0 Å². The fourth-order valence-electron chi connectivity index (χ4n) is 1.66. The van der Waals surface area contributed by atoms with Crippen molar-refractivity contribution in [1.29, 1.82) is 0 Å². The van der Waals surface area contributed by atoms with Crippen molar-refractivity contribution in [3.8, 4) is 11.5 Å². The van der Waals surface area contributed by atoms with Gasteiger partial charge in [-0.2, -0.15) is 0 Å². The molecule has 0 atom stereocenters. The van der Waals surface area contributed by atoms with Gasteiger partial charge in [0.15, 0.2) is 11.5 Å². The molecule has 0 aliphatic heterocycles. The number of hydrogen-bond acceptors (Lipinski definition) is 4. The number of esters is 2. The summed E-state index contributed by atoms with van der Waals surface area (Å²) < 4.78 is 14.4. The van der Waals surface area contributed by atoms with Crippen LogP contribution in [0, 0.1) is 0 Å². The van der Waals surface area contributed by atoms with Gasteiger partial charge in [-0.3, -0.25) is 0 Å². The first kappa shape index (κ1) is 22.3. The van der Waals surface area contributed by atoms with E-state index < -0.39 is 11.9 Å². The van der Waals surface area contributed by atoms with Gasteiger partial charge in [-0.1, -0.05) is 31.9 Å². The van der Waals surface area contributed by atoms with Gasteiger partial charge < -0.3 is 9.47 Å². The van der Waals surface area contributed by atoms with E-state index in [9.17, 15) is 9.59 Å². The minimum Gasteiger partial charge on any atom is -0.421 e. The van der Waals surface area contributed by atoms with E-state index in [0.717, 1.165) is 21.1 Å². The molecule has 0 N–H and O–H groups in total. The Morgan fingerprint density at radius 1 is 0.615 bits per heavy atom. The van der Waals surface area contributed by atoms with Gasteiger partial charge in [-0.05, 0) is 88.0 Å². The number of hydrogen-bond donors (Lipinski definition) is 0. The second-order valence-electron chi connectivity index (χ2n) is 4.57. The van der Waals surface area contributed by atoms with E-state index in [1.54, 1.807) is 24.3 Å². The lowest BCUT2D eigenvalue weighted by molar-refractivity contribution is -0.131. The molecular weight excluding hydrogens is 736 g/mol. The first-order chi connectivity index (χ1) is 12.2. The molecule has 0 saturated heterocycles. The highest BCUT2D eigenvalue weighted by Crippen LogP contribution is 2.37. The van der Waals surface area contributed by atoms with Crippen LogP contribution in [0.4, 0.5) is 0 Å². The second-order valence-corrected chi connectivity index (χ2v) is 9.82. The molecule has 0 amide bonds. The Labute approximate surface area is 199 Å². The van der Waals surface area contributed by atoms with Crippen LogP contribution in [0.25, 0.3) is 0 Å². The van der Waals surface area contributed by atoms with Crippen molar-refractivity contribution in [1.82, 2.24) is 0 Å². The molecule has 2 aromatic carbocycles. The van der Waals surface area contributed by atoms with E-state index in [2.05, 4.69) is 95.6 Å². The molecule has 10 heteroatoms. The van der Waals surface area contributed by atoms with E-state index in [0.29, 0.717) is 29.4 Å². The van der Waals surface area contributed by atoms with Crippen molar-refractivity contribution in [3.05, 3.63) is 63.3 Å². The SMILES string of the molecule is O=C(C=CC(=O)Oc1c(Br)cc(Br)cc1Br)Oc1c(Br)cc(Br)cc1Br. The molecule has 0 heterocycles. The van der Waals surface area contributed by atoms with Gasteiger partial charge in [0.25, 0.3) is 0 Å². The van der Waals surface area contributed by atoms with E-state index in [-0.39, 0.29) is 0 Å². The highest BCUT2D eigenvalue weighted by molar-refractivity contribution is 9.12. The van der Waals surface area contributed by atoms with Crippen LogP contribution < -0.4 is 9.47 Å². The number of halogens is 6. The number of rotatable bonds is 4. The molecule has 26 heavy (non-hydrogen) atoms. The van der Waals surface area contributed by atoms with Crippen LogP contribution >= 0.6 is 95.6 Å². The first-order valence-electron chi connectivity index (χ1n) is 6.58. The average Bonchev–Trinajstić information content (AvgIpc) is 2.52. The highest BCUT2D eigenvalue weighted by Gasteiger charge is 2.14. The maximum absolute atomic E-state index is 11.9. The van der Waals surface area contributed by atoms with Crippen molar-refractivity contribution < 1.29 is 19.1 Å². The van der Waals surface area contributed by atoms with Gasteiger partial charge in [-0.25, -0.2) is 9.59 Å². The third-order valence-corrected chi connectivity index (χ3v) is 5.96. The summed E-state index contributed by atoms with van der Waals surface area (Å²) in [6, 6.07) is 6.92.